The molecular weight excluding hydrogens is 587 g/mol. The number of carbonyl (C=O) groups is 2. The van der Waals surface area contributed by atoms with Crippen molar-refractivity contribution in [2.75, 3.05) is 4.90 Å². The van der Waals surface area contributed by atoms with Crippen LogP contribution >= 0.6 is 12.2 Å². The molecule has 228 valence electrons. The number of fused-ring (bicyclic) bond motifs is 7. The molecule has 0 spiro atoms. The Morgan fingerprint density at radius 3 is 1.76 bits per heavy atom. The third kappa shape index (κ3) is 3.77. The number of benzene rings is 4. The van der Waals surface area contributed by atoms with Gasteiger partial charge >= 0.3 is 0 Å². The van der Waals surface area contributed by atoms with Gasteiger partial charge in [-0.05, 0) is 98.7 Å². The van der Waals surface area contributed by atoms with E-state index in [0.717, 1.165) is 17.1 Å². The van der Waals surface area contributed by atoms with Gasteiger partial charge in [0.15, 0.2) is 5.11 Å². The molecule has 4 aliphatic rings. The van der Waals surface area contributed by atoms with E-state index in [1.807, 2.05) is 6.08 Å². The lowest BCUT2D eigenvalue weighted by Crippen LogP contribution is -2.51. The highest BCUT2D eigenvalue weighted by Crippen LogP contribution is 2.58. The van der Waals surface area contributed by atoms with Crippen LogP contribution in [0.4, 0.5) is 11.4 Å². The predicted molar refractivity (Wildman–Crippen MR) is 188 cm³/mol. The van der Waals surface area contributed by atoms with Crippen molar-refractivity contribution in [3.63, 3.8) is 0 Å². The summed E-state index contributed by atoms with van der Waals surface area (Å²) in [6.07, 6.45) is 3.56. The lowest BCUT2D eigenvalue weighted by Gasteiger charge is -2.29. The summed E-state index contributed by atoms with van der Waals surface area (Å²) >= 11 is 5.03. The van der Waals surface area contributed by atoms with Gasteiger partial charge in [-0.15, -0.1) is 0 Å². The fourth-order valence-corrected chi connectivity index (χ4v) is 8.34. The lowest BCUT2D eigenvalue weighted by molar-refractivity contribution is -0.123. The first-order valence-electron chi connectivity index (χ1n) is 15.7. The molecule has 0 radical (unpaired) electrons. The maximum Gasteiger partial charge on any atom is 0.263 e. The third-order valence-electron chi connectivity index (χ3n) is 10.7. The first-order valence-corrected chi connectivity index (χ1v) is 16.1. The molecule has 1 saturated heterocycles. The minimum Gasteiger partial charge on any atom is -0.313 e. The highest BCUT2D eigenvalue weighted by molar-refractivity contribution is 7.80. The number of thiocarbonyl (C=S) groups is 1. The largest absolute Gasteiger partial charge is 0.313 e. The zero-order valence-electron chi connectivity index (χ0n) is 26.8. The molecule has 0 bridgehead atoms. The maximum absolute atomic E-state index is 12.8. The first-order chi connectivity index (χ1) is 21.8. The monoisotopic (exact) mass is 621 g/mol. The van der Waals surface area contributed by atoms with E-state index < -0.39 is 17.2 Å². The van der Waals surface area contributed by atoms with Gasteiger partial charge < -0.3 is 4.90 Å². The van der Waals surface area contributed by atoms with Crippen LogP contribution in [0.3, 0.4) is 0 Å². The minimum absolute atomic E-state index is 0.0224. The van der Waals surface area contributed by atoms with Crippen LogP contribution in [0.1, 0.15) is 69.4 Å². The summed E-state index contributed by atoms with van der Waals surface area (Å²) in [4.78, 5) is 28.0. The van der Waals surface area contributed by atoms with Crippen molar-refractivity contribution in [3.8, 4) is 22.3 Å². The number of nitrogens with zero attached hydrogens (tertiary/aromatic N) is 1. The molecule has 4 aromatic carbocycles. The Bertz CT molecular complexity index is 2130. The molecule has 6 heteroatoms. The number of hydrogen-bond donors (Lipinski definition) is 2. The van der Waals surface area contributed by atoms with E-state index in [2.05, 4.69) is 136 Å². The number of rotatable bonds is 2. The highest BCUT2D eigenvalue weighted by Gasteiger charge is 2.45. The van der Waals surface area contributed by atoms with Crippen LogP contribution in [0.25, 0.3) is 22.3 Å². The summed E-state index contributed by atoms with van der Waals surface area (Å²) in [6.45, 7) is 13.6. The van der Waals surface area contributed by atoms with Crippen molar-refractivity contribution in [2.45, 2.75) is 57.8 Å². The number of allylic oxidation sites excluding steroid dienone is 3. The zero-order valence-corrected chi connectivity index (χ0v) is 27.6. The first kappa shape index (κ1) is 28.6. The summed E-state index contributed by atoms with van der Waals surface area (Å²) in [5.74, 6) is -1.00. The van der Waals surface area contributed by atoms with Gasteiger partial charge in [0.2, 0.25) is 0 Å². The molecule has 0 aromatic heterocycles. The summed E-state index contributed by atoms with van der Waals surface area (Å²) in [5, 5.41) is 5.14. The van der Waals surface area contributed by atoms with Gasteiger partial charge in [0.05, 0.1) is 5.69 Å². The van der Waals surface area contributed by atoms with E-state index in [-0.39, 0.29) is 21.5 Å². The van der Waals surface area contributed by atoms with Crippen molar-refractivity contribution in [1.29, 1.82) is 0 Å². The predicted octanol–water partition coefficient (Wildman–Crippen LogP) is 8.07. The molecular formula is C40H35N3O2S. The summed E-state index contributed by atoms with van der Waals surface area (Å²) < 4.78 is 0. The van der Waals surface area contributed by atoms with Gasteiger partial charge in [0.25, 0.3) is 11.8 Å². The molecule has 46 heavy (non-hydrogen) atoms. The molecule has 2 aliphatic carbocycles. The Hall–Kier alpha value is -4.81. The summed E-state index contributed by atoms with van der Waals surface area (Å²) in [7, 11) is 0. The number of carbonyl (C=O) groups excluding carboxylic acids is 2. The zero-order chi connectivity index (χ0) is 32.3. The van der Waals surface area contributed by atoms with Crippen LogP contribution in [0, 0.1) is 0 Å². The number of nitrogens with one attached hydrogen (secondary N) is 2. The van der Waals surface area contributed by atoms with E-state index in [9.17, 15) is 9.59 Å². The average molecular weight is 622 g/mol. The van der Waals surface area contributed by atoms with Crippen LogP contribution in [0.2, 0.25) is 0 Å². The van der Waals surface area contributed by atoms with E-state index in [4.69, 9.17) is 12.2 Å². The van der Waals surface area contributed by atoms with E-state index >= 15 is 0 Å². The van der Waals surface area contributed by atoms with Crippen LogP contribution in [0.15, 0.2) is 102 Å². The molecule has 5 nitrogen and oxygen atoms in total. The van der Waals surface area contributed by atoms with Crippen LogP contribution in [0.5, 0.6) is 0 Å². The van der Waals surface area contributed by atoms with Crippen molar-refractivity contribution in [1.82, 2.24) is 10.6 Å². The molecule has 4 aromatic rings. The Morgan fingerprint density at radius 1 is 0.587 bits per heavy atom. The second kappa shape index (κ2) is 9.36. The van der Waals surface area contributed by atoms with Crippen LogP contribution in [-0.4, -0.2) is 16.9 Å². The molecule has 1 fully saturated rings. The fourth-order valence-electron chi connectivity index (χ4n) is 8.15. The van der Waals surface area contributed by atoms with Crippen molar-refractivity contribution < 1.29 is 9.59 Å². The quantitative estimate of drug-likeness (QED) is 0.135. The number of amides is 2. The van der Waals surface area contributed by atoms with Gasteiger partial charge in [-0.2, -0.15) is 0 Å². The van der Waals surface area contributed by atoms with Gasteiger partial charge in [0.1, 0.15) is 5.57 Å². The molecule has 2 amide bonds. The second-order valence-electron chi connectivity index (χ2n) is 14.3. The smallest absolute Gasteiger partial charge is 0.263 e. The fraction of sp³-hybridized carbons (Fsp3) is 0.225. The Morgan fingerprint density at radius 2 is 1.13 bits per heavy atom. The Balaban J connectivity index is 1.36. The van der Waals surface area contributed by atoms with Gasteiger partial charge in [0, 0.05) is 27.6 Å². The molecule has 2 N–H and O–H groups in total. The van der Waals surface area contributed by atoms with Crippen molar-refractivity contribution in [3.05, 3.63) is 130 Å². The molecule has 0 saturated carbocycles. The maximum atomic E-state index is 12.8. The summed E-state index contributed by atoms with van der Waals surface area (Å²) in [5.41, 5.74) is 13.9. The Kier molecular flexibility index (Phi) is 5.83. The third-order valence-corrected chi connectivity index (χ3v) is 10.9. The topological polar surface area (TPSA) is 61.4 Å². The highest BCUT2D eigenvalue weighted by atomic mass is 32.1. The molecule has 0 unspecified atom stereocenters. The Labute approximate surface area is 275 Å². The summed E-state index contributed by atoms with van der Waals surface area (Å²) in [6, 6.07) is 28.9. The number of anilines is 2. The standard InChI is InChI=1S/C40H35N3O2S/c1-38(2)28-13-9-7-11-23(28)25-16-15-22(19-30(25)38)43-33-21-31-27(24-12-8-10-14-29(24)39(31,3)4)20-32(33)40(5,6)34(43)18-17-26-35(44)41-37(46)42-36(26)45/h7-21H,1-6H3,(H2,41,42,44,45,46)/b34-18+. The van der Waals surface area contributed by atoms with Crippen molar-refractivity contribution in [2.24, 2.45) is 0 Å². The normalized spacial score (nSPS) is 20.0. The average Bonchev–Trinajstić information content (AvgIpc) is 3.48. The second-order valence-corrected chi connectivity index (χ2v) is 14.7. The van der Waals surface area contributed by atoms with E-state index in [0.29, 0.717) is 0 Å². The molecule has 8 rings (SSSR count). The van der Waals surface area contributed by atoms with Gasteiger partial charge in [-0.1, -0.05) is 96.1 Å². The molecule has 0 atom stereocenters. The van der Waals surface area contributed by atoms with Crippen LogP contribution < -0.4 is 15.5 Å². The lowest BCUT2D eigenvalue weighted by atomic mass is 9.79. The van der Waals surface area contributed by atoms with Crippen LogP contribution in [-0.2, 0) is 25.8 Å². The molecule has 2 heterocycles. The number of hydrogen-bond acceptors (Lipinski definition) is 4. The molecule has 2 aliphatic heterocycles. The van der Waals surface area contributed by atoms with E-state index in [1.54, 1.807) is 6.08 Å². The van der Waals surface area contributed by atoms with Gasteiger partial charge in [-0.25, -0.2) is 0 Å². The minimum atomic E-state index is -0.500. The van der Waals surface area contributed by atoms with E-state index in [1.165, 1.54) is 50.1 Å². The SMILES string of the molecule is CC1(C)/C(=C\C=C2C(=O)NC(=S)NC2=O)N(c2ccc3c(c2)C(C)(C)c2ccccc2-3)c2cc3c(cc21)-c1ccccc1C3(C)C. The van der Waals surface area contributed by atoms with Crippen molar-refractivity contribution >= 4 is 40.5 Å². The van der Waals surface area contributed by atoms with Gasteiger partial charge in [-0.3, -0.25) is 20.2 Å².